The van der Waals surface area contributed by atoms with Crippen molar-refractivity contribution in [3.63, 3.8) is 0 Å². The van der Waals surface area contributed by atoms with Gasteiger partial charge >= 0.3 is 0 Å². The van der Waals surface area contributed by atoms with Crippen LogP contribution in [-0.4, -0.2) is 8.76 Å². The van der Waals surface area contributed by atoms with Crippen molar-refractivity contribution in [2.75, 3.05) is 0 Å². The fourth-order valence-corrected chi connectivity index (χ4v) is 1.21. The van der Waals surface area contributed by atoms with Crippen LogP contribution in [0.25, 0.3) is 5.57 Å². The van der Waals surface area contributed by atoms with E-state index in [1.54, 1.807) is 24.3 Å². The molecule has 0 aromatic heterocycles. The average Bonchev–Trinajstić information content (AvgIpc) is 2.04. The van der Waals surface area contributed by atoms with Gasteiger partial charge in [0.2, 0.25) is 0 Å². The van der Waals surface area contributed by atoms with Gasteiger partial charge in [0.25, 0.3) is 0 Å². The van der Waals surface area contributed by atoms with Crippen LogP contribution in [0.15, 0.2) is 35.7 Å². The Morgan fingerprint density at radius 1 is 1.42 bits per heavy atom. The normalized spacial score (nSPS) is 12.5. The van der Waals surface area contributed by atoms with E-state index in [9.17, 15) is 8.76 Å². The first kappa shape index (κ1) is 9.16. The van der Waals surface area contributed by atoms with E-state index in [0.717, 1.165) is 11.1 Å². The quantitative estimate of drug-likeness (QED) is 0.654. The number of hydrogen-bond donors (Lipinski definition) is 0. The molecule has 64 valence electrons. The van der Waals surface area contributed by atoms with Crippen molar-refractivity contribution in [2.24, 2.45) is 0 Å². The van der Waals surface area contributed by atoms with Gasteiger partial charge in [0, 0.05) is 4.90 Å². The molecule has 0 fully saturated rings. The summed E-state index contributed by atoms with van der Waals surface area (Å²) in [6.07, 6.45) is 0. The molecule has 0 radical (unpaired) electrons. The van der Waals surface area contributed by atoms with Gasteiger partial charge in [-0.3, -0.25) is 4.21 Å². The van der Waals surface area contributed by atoms with Crippen LogP contribution in [0.5, 0.6) is 0 Å². The minimum Gasteiger partial charge on any atom is -0.768 e. The molecule has 0 spiro atoms. The summed E-state index contributed by atoms with van der Waals surface area (Å²) in [5.74, 6) is 0. The van der Waals surface area contributed by atoms with E-state index < -0.39 is 11.1 Å². The van der Waals surface area contributed by atoms with Crippen LogP contribution in [0.4, 0.5) is 0 Å². The predicted octanol–water partition coefficient (Wildman–Crippen LogP) is 1.96. The largest absolute Gasteiger partial charge is 0.768 e. The fraction of sp³-hybridized carbons (Fsp3) is 0.111. The third-order valence-electron chi connectivity index (χ3n) is 1.54. The topological polar surface area (TPSA) is 40.1 Å². The summed E-state index contributed by atoms with van der Waals surface area (Å²) in [5.41, 5.74) is 1.89. The first-order chi connectivity index (χ1) is 5.61. The van der Waals surface area contributed by atoms with E-state index in [0.29, 0.717) is 4.90 Å². The Hall–Kier alpha value is -0.930. The lowest BCUT2D eigenvalue weighted by Gasteiger charge is -2.05. The van der Waals surface area contributed by atoms with Crippen LogP contribution in [0, 0.1) is 0 Å². The molecule has 0 aliphatic carbocycles. The van der Waals surface area contributed by atoms with Gasteiger partial charge in [-0.15, -0.1) is 0 Å². The molecule has 1 aromatic carbocycles. The molecule has 2 nitrogen and oxygen atoms in total. The van der Waals surface area contributed by atoms with Crippen LogP contribution >= 0.6 is 0 Å². The summed E-state index contributed by atoms with van der Waals surface area (Å²) >= 11 is -2.13. The Balaban J connectivity index is 3.01. The van der Waals surface area contributed by atoms with E-state index in [2.05, 4.69) is 6.58 Å². The molecule has 0 N–H and O–H groups in total. The Labute approximate surface area is 74.2 Å². The molecule has 0 saturated carbocycles. The van der Waals surface area contributed by atoms with Crippen molar-refractivity contribution in [1.29, 1.82) is 0 Å². The third-order valence-corrected chi connectivity index (χ3v) is 2.20. The maximum absolute atomic E-state index is 10.5. The summed E-state index contributed by atoms with van der Waals surface area (Å²) in [7, 11) is 0. The summed E-state index contributed by atoms with van der Waals surface area (Å²) in [6, 6.07) is 6.61. The van der Waals surface area contributed by atoms with E-state index in [1.807, 2.05) is 6.92 Å². The summed E-state index contributed by atoms with van der Waals surface area (Å²) in [4.78, 5) is 0.306. The molecule has 1 unspecified atom stereocenters. The Kier molecular flexibility index (Phi) is 2.78. The van der Waals surface area contributed by atoms with Crippen molar-refractivity contribution in [1.82, 2.24) is 0 Å². The Morgan fingerprint density at radius 2 is 1.92 bits per heavy atom. The van der Waals surface area contributed by atoms with Gasteiger partial charge in [-0.25, -0.2) is 0 Å². The van der Waals surface area contributed by atoms with E-state index in [1.165, 1.54) is 0 Å². The van der Waals surface area contributed by atoms with Gasteiger partial charge in [0.1, 0.15) is 0 Å². The van der Waals surface area contributed by atoms with Gasteiger partial charge in [-0.1, -0.05) is 24.3 Å². The van der Waals surface area contributed by atoms with E-state index in [4.69, 9.17) is 0 Å². The summed E-state index contributed by atoms with van der Waals surface area (Å²) in [5, 5.41) is 0. The van der Waals surface area contributed by atoms with Crippen molar-refractivity contribution < 1.29 is 8.76 Å². The molecule has 1 atom stereocenters. The van der Waals surface area contributed by atoms with Crippen molar-refractivity contribution in [2.45, 2.75) is 11.8 Å². The third kappa shape index (κ3) is 2.03. The van der Waals surface area contributed by atoms with Gasteiger partial charge in [0.15, 0.2) is 0 Å². The number of hydrogen-bond acceptors (Lipinski definition) is 2. The maximum Gasteiger partial charge on any atom is 0.0249 e. The van der Waals surface area contributed by atoms with E-state index in [-0.39, 0.29) is 0 Å². The fourth-order valence-electron chi connectivity index (χ4n) is 0.851. The van der Waals surface area contributed by atoms with E-state index >= 15 is 0 Å². The molecule has 0 bridgehead atoms. The summed E-state index contributed by atoms with van der Waals surface area (Å²) in [6.45, 7) is 5.62. The Morgan fingerprint density at radius 3 is 2.25 bits per heavy atom. The molecule has 3 heteroatoms. The lowest BCUT2D eigenvalue weighted by molar-refractivity contribution is 0.537. The standard InChI is InChI=1S/C9H10O2S/c1-7(2)8-3-5-9(6-4-8)12(10)11/h3-6H,1H2,2H3,(H,10,11)/p-1. The van der Waals surface area contributed by atoms with Crippen LogP contribution in [0.2, 0.25) is 0 Å². The highest BCUT2D eigenvalue weighted by molar-refractivity contribution is 7.79. The smallest absolute Gasteiger partial charge is 0.0249 e. The Bertz CT molecular complexity index is 281. The van der Waals surface area contributed by atoms with Crippen molar-refractivity contribution in [3.05, 3.63) is 36.4 Å². The molecule has 0 aliphatic heterocycles. The highest BCUT2D eigenvalue weighted by Crippen LogP contribution is 2.13. The SMILES string of the molecule is C=C(C)c1ccc(S(=O)[O-])cc1. The number of benzene rings is 1. The van der Waals surface area contributed by atoms with Crippen molar-refractivity contribution >= 4 is 16.7 Å². The average molecular weight is 181 g/mol. The monoisotopic (exact) mass is 181 g/mol. The molecule has 0 heterocycles. The molecule has 0 saturated heterocycles. The van der Waals surface area contributed by atoms with Gasteiger partial charge in [-0.2, -0.15) is 0 Å². The minimum absolute atomic E-state index is 0.306. The second-order valence-electron chi connectivity index (χ2n) is 2.54. The van der Waals surface area contributed by atoms with Crippen molar-refractivity contribution in [3.8, 4) is 0 Å². The molecule has 1 rings (SSSR count). The van der Waals surface area contributed by atoms with Crippen LogP contribution in [0.3, 0.4) is 0 Å². The molecule has 1 aromatic rings. The van der Waals surface area contributed by atoms with Crippen LogP contribution < -0.4 is 0 Å². The van der Waals surface area contributed by atoms with Crippen LogP contribution in [0.1, 0.15) is 12.5 Å². The predicted molar refractivity (Wildman–Crippen MR) is 48.3 cm³/mol. The molecule has 0 amide bonds. The lowest BCUT2D eigenvalue weighted by Crippen LogP contribution is -1.88. The number of allylic oxidation sites excluding steroid dienone is 1. The zero-order valence-electron chi connectivity index (χ0n) is 6.74. The van der Waals surface area contributed by atoms with Gasteiger partial charge in [0.05, 0.1) is 0 Å². The highest BCUT2D eigenvalue weighted by atomic mass is 32.2. The molecule has 0 aliphatic rings. The second-order valence-corrected chi connectivity index (χ2v) is 3.48. The zero-order valence-corrected chi connectivity index (χ0v) is 7.56. The molecular formula is C9H9O2S-. The maximum atomic E-state index is 10.5. The van der Waals surface area contributed by atoms with Gasteiger partial charge < -0.3 is 4.55 Å². The first-order valence-corrected chi connectivity index (χ1v) is 4.54. The first-order valence-electron chi connectivity index (χ1n) is 3.46. The van der Waals surface area contributed by atoms with Crippen LogP contribution in [-0.2, 0) is 11.1 Å². The van der Waals surface area contributed by atoms with Gasteiger partial charge in [-0.05, 0) is 35.7 Å². The second kappa shape index (κ2) is 3.65. The number of rotatable bonds is 2. The minimum atomic E-state index is -2.13. The summed E-state index contributed by atoms with van der Waals surface area (Å²) < 4.78 is 20.9. The zero-order chi connectivity index (χ0) is 9.14. The molecular weight excluding hydrogens is 172 g/mol. The lowest BCUT2D eigenvalue weighted by atomic mass is 10.1. The highest BCUT2D eigenvalue weighted by Gasteiger charge is 1.93. The molecule has 12 heavy (non-hydrogen) atoms.